The van der Waals surface area contributed by atoms with Crippen LogP contribution in [0.3, 0.4) is 0 Å². The molecule has 9 heteroatoms. The quantitative estimate of drug-likeness (QED) is 0.388. The van der Waals surface area contributed by atoms with E-state index in [0.717, 1.165) is 56.9 Å². The van der Waals surface area contributed by atoms with Crippen LogP contribution in [-0.2, 0) is 20.0 Å². The number of nitrogens with one attached hydrogen (secondary N) is 1. The van der Waals surface area contributed by atoms with Crippen LogP contribution in [0.5, 0.6) is 0 Å². The lowest BCUT2D eigenvalue weighted by atomic mass is 10.0. The normalized spacial score (nSPS) is 11.5. The van der Waals surface area contributed by atoms with Crippen LogP contribution in [-0.4, -0.2) is 39.7 Å². The summed E-state index contributed by atoms with van der Waals surface area (Å²) in [6.07, 6.45) is 2.86. The molecule has 4 heterocycles. The second-order valence-electron chi connectivity index (χ2n) is 7.97. The number of aryl methyl sites for hydroxylation is 4. The molecule has 0 saturated heterocycles. The van der Waals surface area contributed by atoms with E-state index < -0.39 is 0 Å². The summed E-state index contributed by atoms with van der Waals surface area (Å²) < 4.78 is 5.21. The standard InChI is InChI=1S/C23H23BrN8/c1-5-18-26-20-13(2)10-14(3)25-23(20)32(18)11-15-6-8-16(9-7-15)19-17(12-31(4)21(19)24)22-27-29-30-28-22/h6-10,12H,5,11H2,1-4H3,(H,27,28,29,30). The molecule has 1 aromatic carbocycles. The molecule has 8 nitrogen and oxygen atoms in total. The fourth-order valence-electron chi connectivity index (χ4n) is 4.17. The largest absolute Gasteiger partial charge is 0.344 e. The molecule has 0 aliphatic rings. The summed E-state index contributed by atoms with van der Waals surface area (Å²) >= 11 is 3.71. The number of tetrazole rings is 1. The van der Waals surface area contributed by atoms with E-state index in [1.807, 2.05) is 24.7 Å². The van der Waals surface area contributed by atoms with Crippen LogP contribution >= 0.6 is 15.9 Å². The second kappa shape index (κ2) is 7.98. The summed E-state index contributed by atoms with van der Waals surface area (Å²) in [5.74, 6) is 1.62. The van der Waals surface area contributed by atoms with Crippen molar-refractivity contribution in [1.29, 1.82) is 0 Å². The van der Waals surface area contributed by atoms with Crippen LogP contribution in [0.25, 0.3) is 33.7 Å². The van der Waals surface area contributed by atoms with E-state index in [0.29, 0.717) is 5.82 Å². The van der Waals surface area contributed by atoms with E-state index >= 15 is 0 Å². The van der Waals surface area contributed by atoms with Crippen LogP contribution in [0.4, 0.5) is 0 Å². The highest BCUT2D eigenvalue weighted by Crippen LogP contribution is 2.37. The first-order valence-electron chi connectivity index (χ1n) is 10.5. The van der Waals surface area contributed by atoms with Crippen molar-refractivity contribution in [2.45, 2.75) is 33.7 Å². The Hall–Kier alpha value is -3.33. The number of aromatic nitrogens is 8. The highest BCUT2D eigenvalue weighted by atomic mass is 79.9. The second-order valence-corrected chi connectivity index (χ2v) is 8.72. The van der Waals surface area contributed by atoms with E-state index in [9.17, 15) is 0 Å². The first kappa shape index (κ1) is 20.6. The van der Waals surface area contributed by atoms with Gasteiger partial charge >= 0.3 is 0 Å². The summed E-state index contributed by atoms with van der Waals surface area (Å²) in [6, 6.07) is 10.7. The molecule has 5 aromatic rings. The van der Waals surface area contributed by atoms with Crippen LogP contribution in [0.2, 0.25) is 0 Å². The van der Waals surface area contributed by atoms with Gasteiger partial charge in [-0.1, -0.05) is 31.2 Å². The third-order valence-corrected chi connectivity index (χ3v) is 6.65. The van der Waals surface area contributed by atoms with Gasteiger partial charge in [-0.15, -0.1) is 10.2 Å². The van der Waals surface area contributed by atoms with Gasteiger partial charge < -0.3 is 9.13 Å². The first-order valence-corrected chi connectivity index (χ1v) is 11.3. The molecule has 0 fully saturated rings. The van der Waals surface area contributed by atoms with Gasteiger partial charge in [-0.05, 0) is 57.7 Å². The molecule has 162 valence electrons. The Kier molecular flexibility index (Phi) is 5.13. The number of aromatic amines is 1. The van der Waals surface area contributed by atoms with E-state index in [-0.39, 0.29) is 0 Å². The predicted octanol–water partition coefficient (Wildman–Crippen LogP) is 4.61. The first-order chi connectivity index (χ1) is 15.5. The van der Waals surface area contributed by atoms with Gasteiger partial charge in [0.1, 0.15) is 11.3 Å². The topological polar surface area (TPSA) is 90.1 Å². The van der Waals surface area contributed by atoms with Gasteiger partial charge in [0.25, 0.3) is 0 Å². The van der Waals surface area contributed by atoms with E-state index in [4.69, 9.17) is 9.97 Å². The van der Waals surface area contributed by atoms with E-state index in [1.54, 1.807) is 0 Å². The lowest BCUT2D eigenvalue weighted by Gasteiger charge is -2.10. The van der Waals surface area contributed by atoms with Gasteiger partial charge in [-0.25, -0.2) is 9.97 Å². The minimum absolute atomic E-state index is 0.569. The van der Waals surface area contributed by atoms with Crippen LogP contribution < -0.4 is 0 Å². The summed E-state index contributed by atoms with van der Waals surface area (Å²) in [6.45, 7) is 6.99. The minimum atomic E-state index is 0.569. The van der Waals surface area contributed by atoms with Crippen molar-refractivity contribution in [2.24, 2.45) is 7.05 Å². The molecule has 0 bridgehead atoms. The average molecular weight is 491 g/mol. The number of H-pyrrole nitrogens is 1. The number of pyridine rings is 1. The third kappa shape index (κ3) is 3.42. The van der Waals surface area contributed by atoms with E-state index in [2.05, 4.69) is 85.3 Å². The molecule has 0 radical (unpaired) electrons. The van der Waals surface area contributed by atoms with Crippen molar-refractivity contribution >= 4 is 27.1 Å². The zero-order chi connectivity index (χ0) is 22.4. The van der Waals surface area contributed by atoms with Crippen LogP contribution in [0, 0.1) is 13.8 Å². The predicted molar refractivity (Wildman–Crippen MR) is 127 cm³/mol. The molecule has 0 saturated carbocycles. The Morgan fingerprint density at radius 3 is 2.56 bits per heavy atom. The summed E-state index contributed by atoms with van der Waals surface area (Å²) in [5, 5.41) is 14.6. The third-order valence-electron chi connectivity index (χ3n) is 5.69. The molecule has 0 unspecified atom stereocenters. The number of hydrogen-bond donors (Lipinski definition) is 1. The van der Waals surface area contributed by atoms with Gasteiger partial charge in [0.2, 0.25) is 5.82 Å². The smallest absolute Gasteiger partial charge is 0.206 e. The maximum absolute atomic E-state index is 4.86. The maximum Gasteiger partial charge on any atom is 0.206 e. The van der Waals surface area contributed by atoms with Crippen molar-refractivity contribution in [1.82, 2.24) is 39.7 Å². The molecule has 0 aliphatic heterocycles. The minimum Gasteiger partial charge on any atom is -0.344 e. The Labute approximate surface area is 193 Å². The fourth-order valence-corrected chi connectivity index (χ4v) is 4.71. The fraction of sp³-hybridized carbons (Fsp3) is 0.261. The van der Waals surface area contributed by atoms with Crippen molar-refractivity contribution in [2.75, 3.05) is 0 Å². The Morgan fingerprint density at radius 1 is 1.09 bits per heavy atom. The molecule has 5 rings (SSSR count). The van der Waals surface area contributed by atoms with Crippen molar-refractivity contribution < 1.29 is 0 Å². The highest BCUT2D eigenvalue weighted by molar-refractivity contribution is 9.10. The van der Waals surface area contributed by atoms with E-state index in [1.165, 1.54) is 11.1 Å². The Bertz CT molecular complexity index is 1410. The lowest BCUT2D eigenvalue weighted by Crippen LogP contribution is -2.05. The number of nitrogens with zero attached hydrogens (tertiary/aromatic N) is 7. The SMILES string of the molecule is CCc1nc2c(C)cc(C)nc2n1Cc1ccc(-c2c(-c3nn[nH]n3)cn(C)c2Br)cc1. The number of halogens is 1. The molecule has 0 spiro atoms. The number of benzene rings is 1. The zero-order valence-electron chi connectivity index (χ0n) is 18.4. The Morgan fingerprint density at radius 2 is 1.88 bits per heavy atom. The van der Waals surface area contributed by atoms with Gasteiger partial charge in [-0.2, -0.15) is 5.21 Å². The summed E-state index contributed by atoms with van der Waals surface area (Å²) in [5.41, 5.74) is 8.35. The lowest BCUT2D eigenvalue weighted by molar-refractivity contribution is 0.745. The van der Waals surface area contributed by atoms with Gasteiger partial charge in [0, 0.05) is 36.5 Å². The van der Waals surface area contributed by atoms with Crippen LogP contribution in [0.15, 0.2) is 41.1 Å². The summed E-state index contributed by atoms with van der Waals surface area (Å²) in [7, 11) is 1.99. The molecule has 1 N–H and O–H groups in total. The molecule has 32 heavy (non-hydrogen) atoms. The average Bonchev–Trinajstić information content (AvgIpc) is 3.49. The van der Waals surface area contributed by atoms with Crippen molar-refractivity contribution in [3.05, 3.63) is 63.8 Å². The number of hydrogen-bond acceptors (Lipinski definition) is 5. The molecule has 0 aliphatic carbocycles. The van der Waals surface area contributed by atoms with Crippen molar-refractivity contribution in [3.8, 4) is 22.5 Å². The maximum atomic E-state index is 4.86. The summed E-state index contributed by atoms with van der Waals surface area (Å²) in [4.78, 5) is 9.65. The molecular formula is C23H23BrN8. The van der Waals surface area contributed by atoms with Gasteiger partial charge in [0.05, 0.1) is 11.1 Å². The van der Waals surface area contributed by atoms with Crippen molar-refractivity contribution in [3.63, 3.8) is 0 Å². The molecule has 0 atom stereocenters. The Balaban J connectivity index is 1.53. The van der Waals surface area contributed by atoms with Crippen LogP contribution in [0.1, 0.15) is 29.6 Å². The molecule has 4 aromatic heterocycles. The van der Waals surface area contributed by atoms with Gasteiger partial charge in [-0.3, -0.25) is 0 Å². The zero-order valence-corrected chi connectivity index (χ0v) is 20.0. The number of fused-ring (bicyclic) bond motifs is 1. The number of imidazole rings is 1. The molecular weight excluding hydrogens is 468 g/mol. The number of rotatable bonds is 5. The van der Waals surface area contributed by atoms with Gasteiger partial charge in [0.15, 0.2) is 5.65 Å². The highest BCUT2D eigenvalue weighted by Gasteiger charge is 2.19. The monoisotopic (exact) mass is 490 g/mol. The molecule has 0 amide bonds.